The maximum absolute atomic E-state index is 12.2. The summed E-state index contributed by atoms with van der Waals surface area (Å²) >= 11 is 6.52. The monoisotopic (exact) mass is 654 g/mol. The van der Waals surface area contributed by atoms with Gasteiger partial charge in [0, 0.05) is 29.1 Å². The van der Waals surface area contributed by atoms with Crippen LogP contribution in [0.1, 0.15) is 57.0 Å². The average molecular weight is 656 g/mol. The molecule has 0 aromatic carbocycles. The second-order valence-electron chi connectivity index (χ2n) is 9.22. The first kappa shape index (κ1) is 29.1. The fourth-order valence-corrected chi connectivity index (χ4v) is 5.27. The smallest absolute Gasteiger partial charge is 0.266 e. The summed E-state index contributed by atoms with van der Waals surface area (Å²) < 4.78 is 27.4. The van der Waals surface area contributed by atoms with Crippen molar-refractivity contribution in [3.05, 3.63) is 59.0 Å². The van der Waals surface area contributed by atoms with E-state index in [4.69, 9.17) is 0 Å². The molecule has 0 radical (unpaired) electrons. The van der Waals surface area contributed by atoms with Gasteiger partial charge < -0.3 is 0 Å². The van der Waals surface area contributed by atoms with Gasteiger partial charge in [0.1, 0.15) is 17.1 Å². The molecule has 0 aliphatic rings. The topological polar surface area (TPSA) is 130 Å². The van der Waals surface area contributed by atoms with Gasteiger partial charge in [-0.1, -0.05) is 0 Å². The molecule has 37 heavy (non-hydrogen) atoms. The first-order chi connectivity index (χ1) is 17.0. The molecule has 0 aliphatic heterocycles. The van der Waals surface area contributed by atoms with Crippen molar-refractivity contribution >= 4 is 63.8 Å². The summed E-state index contributed by atoms with van der Waals surface area (Å²) in [7, 11) is -3.53. The maximum atomic E-state index is 12.2. The standard InChI is InChI=1S/C12H14BrN3O3S.C12H14BrN3O/c1-6(2)16-10-8(5-9(13)11(16)17)7(3)14-12(15-10)20(4,18)19;1-6(2)16-11-9(5-10(13)12(16)17)7(3)14-8(4)15-11/h5-6H,1-4H3;5-6H,1-4H3. The summed E-state index contributed by atoms with van der Waals surface area (Å²) in [5.74, 6) is 0.686. The number of hydrogen-bond donors (Lipinski definition) is 0. The van der Waals surface area contributed by atoms with Crippen molar-refractivity contribution in [1.29, 1.82) is 0 Å². The lowest BCUT2D eigenvalue weighted by atomic mass is 10.2. The summed E-state index contributed by atoms with van der Waals surface area (Å²) in [5, 5.41) is 1.30. The molecule has 0 fully saturated rings. The minimum absolute atomic E-state index is 0.0509. The van der Waals surface area contributed by atoms with Crippen LogP contribution in [0.5, 0.6) is 0 Å². The minimum atomic E-state index is -3.53. The van der Waals surface area contributed by atoms with Crippen LogP contribution < -0.4 is 11.1 Å². The Bertz CT molecular complexity index is 1760. The highest BCUT2D eigenvalue weighted by Gasteiger charge is 2.19. The van der Waals surface area contributed by atoms with E-state index in [0.717, 1.165) is 17.3 Å². The van der Waals surface area contributed by atoms with Crippen molar-refractivity contribution in [2.45, 2.75) is 65.7 Å². The van der Waals surface area contributed by atoms with Crippen molar-refractivity contribution < 1.29 is 8.42 Å². The first-order valence-corrected chi connectivity index (χ1v) is 14.9. The molecule has 0 saturated carbocycles. The number of halogens is 2. The van der Waals surface area contributed by atoms with Gasteiger partial charge >= 0.3 is 0 Å². The van der Waals surface area contributed by atoms with E-state index in [9.17, 15) is 18.0 Å². The van der Waals surface area contributed by atoms with Crippen LogP contribution in [0.15, 0.2) is 35.8 Å². The molecule has 0 atom stereocenters. The van der Waals surface area contributed by atoms with Crippen molar-refractivity contribution in [2.75, 3.05) is 6.26 Å². The van der Waals surface area contributed by atoms with Crippen LogP contribution in [0.4, 0.5) is 0 Å². The van der Waals surface area contributed by atoms with Crippen LogP contribution in [0, 0.1) is 20.8 Å². The largest absolute Gasteiger partial charge is 0.289 e. The number of aromatic nitrogens is 6. The van der Waals surface area contributed by atoms with Gasteiger partial charge in [-0.25, -0.2) is 23.4 Å². The molecule has 0 aliphatic carbocycles. The molecule has 0 saturated heterocycles. The molecular weight excluding hydrogens is 628 g/mol. The summed E-state index contributed by atoms with van der Waals surface area (Å²) in [6, 6.07) is 3.34. The summed E-state index contributed by atoms with van der Waals surface area (Å²) in [5.41, 5.74) is 2.16. The molecular formula is C24H28Br2N6O4S. The van der Waals surface area contributed by atoms with E-state index >= 15 is 0 Å². The lowest BCUT2D eigenvalue weighted by Crippen LogP contribution is -2.24. The quantitative estimate of drug-likeness (QED) is 0.293. The fourth-order valence-electron chi connectivity index (χ4n) is 3.87. The molecule has 0 amide bonds. The predicted octanol–water partition coefficient (Wildman–Crippen LogP) is 4.60. The van der Waals surface area contributed by atoms with E-state index in [1.54, 1.807) is 23.6 Å². The number of fused-ring (bicyclic) bond motifs is 2. The van der Waals surface area contributed by atoms with Gasteiger partial charge in [0.05, 0.1) is 20.3 Å². The van der Waals surface area contributed by atoms with E-state index in [-0.39, 0.29) is 28.4 Å². The van der Waals surface area contributed by atoms with Crippen LogP contribution in [0.25, 0.3) is 22.1 Å². The molecule has 4 aromatic rings. The van der Waals surface area contributed by atoms with E-state index < -0.39 is 9.84 Å². The summed E-state index contributed by atoms with van der Waals surface area (Å²) in [4.78, 5) is 41.1. The second kappa shape index (κ2) is 10.7. The predicted molar refractivity (Wildman–Crippen MR) is 151 cm³/mol. The molecule has 0 spiro atoms. The van der Waals surface area contributed by atoms with Crippen molar-refractivity contribution in [3.63, 3.8) is 0 Å². The number of hydrogen-bond acceptors (Lipinski definition) is 8. The summed E-state index contributed by atoms with van der Waals surface area (Å²) in [6.45, 7) is 13.1. The Labute approximate surface area is 231 Å². The SMILES string of the molecule is Cc1nc(C)c2cc(Br)c(=O)n(C(C)C)c2n1.Cc1nc(S(C)(=O)=O)nc2c1cc(Br)c(=O)n2C(C)C. The zero-order chi connectivity index (χ0) is 28.0. The molecule has 10 nitrogen and oxygen atoms in total. The fraction of sp³-hybridized carbons (Fsp3) is 0.417. The Morgan fingerprint density at radius 1 is 0.730 bits per heavy atom. The third-order valence-corrected chi connectivity index (χ3v) is 7.51. The highest BCUT2D eigenvalue weighted by Crippen LogP contribution is 2.22. The van der Waals surface area contributed by atoms with Gasteiger partial charge in [0.15, 0.2) is 0 Å². The van der Waals surface area contributed by atoms with Crippen molar-refractivity contribution in [3.8, 4) is 0 Å². The molecule has 0 bridgehead atoms. The highest BCUT2D eigenvalue weighted by atomic mass is 79.9. The zero-order valence-corrected chi connectivity index (χ0v) is 25.8. The Morgan fingerprint density at radius 2 is 1.14 bits per heavy atom. The first-order valence-electron chi connectivity index (χ1n) is 11.4. The van der Waals surface area contributed by atoms with E-state index in [0.29, 0.717) is 37.1 Å². The highest BCUT2D eigenvalue weighted by molar-refractivity contribution is 9.10. The molecule has 0 unspecified atom stereocenters. The third kappa shape index (κ3) is 5.83. The van der Waals surface area contributed by atoms with Gasteiger partial charge in [-0.05, 0) is 92.5 Å². The normalized spacial score (nSPS) is 11.9. The lowest BCUT2D eigenvalue weighted by Gasteiger charge is -2.15. The van der Waals surface area contributed by atoms with Gasteiger partial charge in [0.25, 0.3) is 11.1 Å². The molecule has 13 heteroatoms. The van der Waals surface area contributed by atoms with Gasteiger partial charge in [-0.15, -0.1) is 0 Å². The lowest BCUT2D eigenvalue weighted by molar-refractivity contribution is 0.580. The van der Waals surface area contributed by atoms with Crippen LogP contribution in [-0.4, -0.2) is 43.7 Å². The van der Waals surface area contributed by atoms with Gasteiger partial charge in [0.2, 0.25) is 15.0 Å². The number of rotatable bonds is 3. The van der Waals surface area contributed by atoms with Crippen LogP contribution >= 0.6 is 31.9 Å². The van der Waals surface area contributed by atoms with Gasteiger partial charge in [-0.3, -0.25) is 18.7 Å². The zero-order valence-electron chi connectivity index (χ0n) is 21.8. The Balaban J connectivity index is 0.000000208. The Kier molecular flexibility index (Phi) is 8.40. The van der Waals surface area contributed by atoms with Crippen LogP contribution in [0.3, 0.4) is 0 Å². The minimum Gasteiger partial charge on any atom is -0.289 e. The molecule has 4 aromatic heterocycles. The van der Waals surface area contributed by atoms with Crippen LogP contribution in [-0.2, 0) is 9.84 Å². The van der Waals surface area contributed by atoms with Crippen LogP contribution in [0.2, 0.25) is 0 Å². The Hall–Kier alpha value is -2.51. The number of aryl methyl sites for hydroxylation is 3. The number of nitrogens with zero attached hydrogens (tertiary/aromatic N) is 6. The van der Waals surface area contributed by atoms with Crippen molar-refractivity contribution in [1.82, 2.24) is 29.1 Å². The van der Waals surface area contributed by atoms with Gasteiger partial charge in [-0.2, -0.15) is 4.98 Å². The molecule has 0 N–H and O–H groups in total. The Morgan fingerprint density at radius 3 is 1.54 bits per heavy atom. The van der Waals surface area contributed by atoms with E-state index in [2.05, 4.69) is 51.8 Å². The summed E-state index contributed by atoms with van der Waals surface area (Å²) in [6.07, 6.45) is 1.05. The van der Waals surface area contributed by atoms with E-state index in [1.165, 1.54) is 4.57 Å². The number of sulfone groups is 1. The molecule has 4 rings (SSSR count). The third-order valence-electron chi connectivity index (χ3n) is 5.53. The van der Waals surface area contributed by atoms with Crippen molar-refractivity contribution in [2.24, 2.45) is 0 Å². The molecule has 198 valence electrons. The maximum Gasteiger partial charge on any atom is 0.266 e. The second-order valence-corrected chi connectivity index (χ2v) is 12.8. The number of pyridine rings is 2. The average Bonchev–Trinajstić information content (AvgIpc) is 2.76. The van der Waals surface area contributed by atoms with E-state index in [1.807, 2.05) is 41.5 Å². The molecule has 4 heterocycles.